The van der Waals surface area contributed by atoms with Crippen LogP contribution in [0.15, 0.2) is 48.5 Å². The number of carboxylic acids is 1. The second-order valence-electron chi connectivity index (χ2n) is 9.81. The summed E-state index contributed by atoms with van der Waals surface area (Å²) >= 11 is 1.20. The Labute approximate surface area is 254 Å². The third-order valence-electron chi connectivity index (χ3n) is 7.19. The number of aromatic nitrogens is 3. The highest BCUT2D eigenvalue weighted by Gasteiger charge is 2.25. The van der Waals surface area contributed by atoms with Crippen LogP contribution in [0.4, 0.5) is 4.39 Å². The van der Waals surface area contributed by atoms with Crippen LogP contribution in [0.25, 0.3) is 15.9 Å². The lowest BCUT2D eigenvalue weighted by atomic mass is 10.0. The number of ether oxygens (including phenoxy) is 2. The van der Waals surface area contributed by atoms with Crippen molar-refractivity contribution in [3.05, 3.63) is 81.9 Å². The van der Waals surface area contributed by atoms with Gasteiger partial charge in [-0.05, 0) is 42.7 Å². The van der Waals surface area contributed by atoms with Crippen molar-refractivity contribution in [3.8, 4) is 11.9 Å². The second-order valence-corrected chi connectivity index (χ2v) is 10.8. The van der Waals surface area contributed by atoms with Crippen LogP contribution in [-0.2, 0) is 24.4 Å². The summed E-state index contributed by atoms with van der Waals surface area (Å²) < 4.78 is 27.7. The molecule has 0 spiro atoms. The van der Waals surface area contributed by atoms with Gasteiger partial charge < -0.3 is 19.1 Å². The molecule has 0 radical (unpaired) electrons. The number of hydrogen-bond donors (Lipinski definition) is 1. The van der Waals surface area contributed by atoms with Gasteiger partial charge in [-0.2, -0.15) is 18.8 Å². The van der Waals surface area contributed by atoms with E-state index < -0.39 is 11.8 Å². The summed E-state index contributed by atoms with van der Waals surface area (Å²) in [6.45, 7) is 3.63. The first-order chi connectivity index (χ1) is 19.5. The van der Waals surface area contributed by atoms with Crippen LogP contribution < -0.4 is 4.74 Å². The molecular weight excluding hydrogens is 577 g/mol. The Morgan fingerprint density at radius 3 is 2.76 bits per heavy atom. The van der Waals surface area contributed by atoms with E-state index >= 15 is 0 Å². The molecule has 6 rings (SSSR count). The minimum Gasteiger partial charge on any atom is -0.477 e. The first-order valence-corrected chi connectivity index (χ1v) is 13.8. The molecular formula is C30H32FN5O4S2. The van der Waals surface area contributed by atoms with Gasteiger partial charge >= 0.3 is 5.97 Å². The molecule has 2 aliphatic heterocycles. The minimum atomic E-state index is -0.936. The Morgan fingerprint density at radius 1 is 1.26 bits per heavy atom. The van der Waals surface area contributed by atoms with Crippen molar-refractivity contribution in [2.75, 3.05) is 19.7 Å². The highest BCUT2D eigenvalue weighted by molar-refractivity contribution is 7.59. The number of imidazole rings is 1. The number of hydrogen-bond acceptors (Lipinski definition) is 8. The smallest absolute Gasteiger partial charge is 0.346 e. The van der Waals surface area contributed by atoms with Gasteiger partial charge in [0, 0.05) is 31.3 Å². The molecule has 0 unspecified atom stereocenters. The number of thiophene rings is 1. The van der Waals surface area contributed by atoms with Gasteiger partial charge in [0.05, 0.1) is 42.0 Å². The molecule has 0 bridgehead atoms. The zero-order valence-electron chi connectivity index (χ0n) is 22.0. The monoisotopic (exact) mass is 609 g/mol. The second kappa shape index (κ2) is 13.5. The zero-order valence-corrected chi connectivity index (χ0v) is 23.9. The Bertz CT molecular complexity index is 1660. The van der Waals surface area contributed by atoms with E-state index in [1.54, 1.807) is 24.3 Å². The summed E-state index contributed by atoms with van der Waals surface area (Å²) in [6.07, 6.45) is 4.07. The molecule has 3 aromatic heterocycles. The number of carbonyl (C=O) groups is 1. The van der Waals surface area contributed by atoms with E-state index in [0.29, 0.717) is 29.4 Å². The highest BCUT2D eigenvalue weighted by atomic mass is 32.1. The van der Waals surface area contributed by atoms with Crippen LogP contribution >= 0.6 is 24.8 Å². The van der Waals surface area contributed by atoms with Gasteiger partial charge in [0.1, 0.15) is 28.0 Å². The summed E-state index contributed by atoms with van der Waals surface area (Å²) in [7, 11) is 0. The van der Waals surface area contributed by atoms with Gasteiger partial charge in [0.2, 0.25) is 5.88 Å². The molecule has 42 heavy (non-hydrogen) atoms. The Balaban J connectivity index is 0.00000202. The summed E-state index contributed by atoms with van der Waals surface area (Å²) in [5.41, 5.74) is 3.42. The van der Waals surface area contributed by atoms with Crippen molar-refractivity contribution >= 4 is 46.7 Å². The Morgan fingerprint density at radius 2 is 2.10 bits per heavy atom. The first kappa shape index (κ1) is 31.2. The fourth-order valence-corrected chi connectivity index (χ4v) is 5.76. The number of rotatable bonds is 9. The topological polar surface area (TPSA) is 114 Å². The van der Waals surface area contributed by atoms with Gasteiger partial charge in [-0.25, -0.2) is 19.2 Å². The number of carboxylic acid groups (broad SMARTS) is 1. The average molecular weight is 610 g/mol. The molecule has 0 aliphatic carbocycles. The van der Waals surface area contributed by atoms with Gasteiger partial charge in [-0.3, -0.25) is 4.90 Å². The first-order valence-electron chi connectivity index (χ1n) is 13.0. The number of benzene rings is 1. The van der Waals surface area contributed by atoms with Crippen LogP contribution in [0.2, 0.25) is 0 Å². The fourth-order valence-electron chi connectivity index (χ4n) is 4.87. The lowest BCUT2D eigenvalue weighted by molar-refractivity contribution is -0.0591. The molecule has 0 amide bonds. The molecule has 1 N–H and O–H groups in total. The van der Waals surface area contributed by atoms with Crippen molar-refractivity contribution < 1.29 is 23.8 Å². The summed E-state index contributed by atoms with van der Waals surface area (Å²) in [5.74, 6) is -0.0952. The molecule has 1 saturated heterocycles. The quantitative estimate of drug-likeness (QED) is 0.261. The van der Waals surface area contributed by atoms with Crippen molar-refractivity contribution in [2.45, 2.75) is 46.1 Å². The normalized spacial score (nSPS) is 16.5. The number of nitriles is 1. The van der Waals surface area contributed by atoms with Gasteiger partial charge in [0.15, 0.2) is 0 Å². The van der Waals surface area contributed by atoms with Crippen LogP contribution in [0, 0.1) is 17.1 Å². The minimum absolute atomic E-state index is 0. The van der Waals surface area contributed by atoms with Crippen molar-refractivity contribution in [3.63, 3.8) is 0 Å². The highest BCUT2D eigenvalue weighted by Crippen LogP contribution is 2.30. The predicted molar refractivity (Wildman–Crippen MR) is 164 cm³/mol. The maximum Gasteiger partial charge on any atom is 0.346 e. The predicted octanol–water partition coefficient (Wildman–Crippen LogP) is 5.61. The van der Waals surface area contributed by atoms with E-state index in [1.807, 2.05) is 18.2 Å². The standard InChI is InChI=1S/C29H26FN5O4S.CH4.H2S/c30-22-12-18(14-31)4-5-20(22)17-39-27-3-1-2-23(32-27)19-6-9-34(10-7-19)16-26-33-28-24(13-25(40-28)29(36)37)35(26)15-21-8-11-38-21;;/h1-6,12-13,21H,7-11,15-17H2,(H,36,37);1H4;1H2/t21-;;/m0../s1. The van der Waals surface area contributed by atoms with Crippen molar-refractivity contribution in [1.82, 2.24) is 19.4 Å². The molecule has 4 aromatic rings. The molecule has 1 aromatic carbocycles. The van der Waals surface area contributed by atoms with Crippen LogP contribution in [0.1, 0.15) is 52.6 Å². The lowest BCUT2D eigenvalue weighted by Crippen LogP contribution is -2.33. The molecule has 1 atom stereocenters. The van der Waals surface area contributed by atoms with E-state index in [2.05, 4.69) is 20.5 Å². The van der Waals surface area contributed by atoms with Crippen molar-refractivity contribution in [1.29, 1.82) is 5.26 Å². The molecule has 9 nitrogen and oxygen atoms in total. The van der Waals surface area contributed by atoms with E-state index in [9.17, 15) is 14.3 Å². The van der Waals surface area contributed by atoms with Gasteiger partial charge in [-0.15, -0.1) is 11.3 Å². The molecule has 5 heterocycles. The third-order valence-corrected chi connectivity index (χ3v) is 8.19. The fraction of sp³-hybridized carbons (Fsp3) is 0.333. The summed E-state index contributed by atoms with van der Waals surface area (Å²) in [5, 5.41) is 18.3. The van der Waals surface area contributed by atoms with Gasteiger partial charge in [-0.1, -0.05) is 25.6 Å². The Kier molecular flexibility index (Phi) is 10.0. The van der Waals surface area contributed by atoms with E-state index in [0.717, 1.165) is 60.0 Å². The molecule has 12 heteroatoms. The largest absolute Gasteiger partial charge is 0.477 e. The molecule has 220 valence electrons. The molecule has 0 saturated carbocycles. The zero-order chi connectivity index (χ0) is 27.6. The van der Waals surface area contributed by atoms with Crippen LogP contribution in [-0.4, -0.2) is 56.3 Å². The molecule has 1 fully saturated rings. The number of pyridine rings is 1. The van der Waals surface area contributed by atoms with Gasteiger partial charge in [0.25, 0.3) is 0 Å². The molecule has 2 aliphatic rings. The van der Waals surface area contributed by atoms with E-state index in [4.69, 9.17) is 19.7 Å². The number of nitrogens with zero attached hydrogens (tertiary/aromatic N) is 5. The SMILES string of the molecule is C.N#Cc1ccc(COc2cccc(C3=CCN(Cc4nc5sc(C(=O)O)cc5n4C[C@@H]4CCO4)CC3)n2)c(F)c1.S. The Hall–Kier alpha value is -3.76. The van der Waals surface area contributed by atoms with Crippen LogP contribution in [0.5, 0.6) is 5.88 Å². The number of halogens is 1. The van der Waals surface area contributed by atoms with E-state index in [-0.39, 0.29) is 39.2 Å². The van der Waals surface area contributed by atoms with E-state index in [1.165, 1.54) is 17.4 Å². The van der Waals surface area contributed by atoms with Crippen molar-refractivity contribution in [2.24, 2.45) is 0 Å². The van der Waals surface area contributed by atoms with Crippen LogP contribution in [0.3, 0.4) is 0 Å². The summed E-state index contributed by atoms with van der Waals surface area (Å²) in [6, 6.07) is 13.5. The average Bonchev–Trinajstić information content (AvgIpc) is 3.49. The number of aromatic carboxylic acids is 1. The maximum atomic E-state index is 14.2. The maximum absolute atomic E-state index is 14.2. The number of fused-ring (bicyclic) bond motifs is 1. The lowest BCUT2D eigenvalue weighted by Gasteiger charge is -2.29. The third kappa shape index (κ3) is 6.65. The summed E-state index contributed by atoms with van der Waals surface area (Å²) in [4.78, 5) is 24.2.